The molecule has 0 saturated carbocycles. The number of benzene rings is 2. The summed E-state index contributed by atoms with van der Waals surface area (Å²) >= 11 is 7.15. The lowest BCUT2D eigenvalue weighted by Gasteiger charge is -2.12. The number of anilines is 1. The Morgan fingerprint density at radius 2 is 2.03 bits per heavy atom. The van der Waals surface area contributed by atoms with Gasteiger partial charge in [0.2, 0.25) is 5.91 Å². The monoisotopic (exact) mass is 427 g/mol. The predicted octanol–water partition coefficient (Wildman–Crippen LogP) is 4.17. The molecule has 6 nitrogen and oxygen atoms in total. The van der Waals surface area contributed by atoms with E-state index in [1.165, 1.54) is 11.5 Å². The van der Waals surface area contributed by atoms with Gasteiger partial charge in [-0.05, 0) is 37.3 Å². The SMILES string of the molecule is C=CCn1c(SCC(=O)Nc2ccccc2C(C)=O)nc2cc(Cl)ccc2c1=O. The summed E-state index contributed by atoms with van der Waals surface area (Å²) < 4.78 is 1.46. The highest BCUT2D eigenvalue weighted by atomic mass is 35.5. The van der Waals surface area contributed by atoms with Gasteiger partial charge >= 0.3 is 0 Å². The van der Waals surface area contributed by atoms with E-state index in [-0.39, 0.29) is 29.5 Å². The van der Waals surface area contributed by atoms with Gasteiger partial charge in [-0.2, -0.15) is 0 Å². The van der Waals surface area contributed by atoms with Gasteiger partial charge in [0.15, 0.2) is 10.9 Å². The highest BCUT2D eigenvalue weighted by molar-refractivity contribution is 7.99. The Balaban J connectivity index is 1.85. The van der Waals surface area contributed by atoms with Gasteiger partial charge in [-0.15, -0.1) is 6.58 Å². The molecule has 0 fully saturated rings. The van der Waals surface area contributed by atoms with Crippen molar-refractivity contribution >= 4 is 51.6 Å². The summed E-state index contributed by atoms with van der Waals surface area (Å²) in [6.45, 7) is 5.39. The van der Waals surface area contributed by atoms with Crippen molar-refractivity contribution in [2.45, 2.75) is 18.6 Å². The van der Waals surface area contributed by atoms with Gasteiger partial charge in [-0.1, -0.05) is 41.6 Å². The summed E-state index contributed by atoms with van der Waals surface area (Å²) in [6, 6.07) is 11.7. The number of thioether (sulfide) groups is 1. The normalized spacial score (nSPS) is 10.7. The maximum absolute atomic E-state index is 12.8. The maximum Gasteiger partial charge on any atom is 0.262 e. The number of rotatable bonds is 7. The van der Waals surface area contributed by atoms with E-state index in [1.54, 1.807) is 48.5 Å². The van der Waals surface area contributed by atoms with Crippen LogP contribution < -0.4 is 10.9 Å². The molecule has 2 aromatic carbocycles. The van der Waals surface area contributed by atoms with Crippen LogP contribution in [0.25, 0.3) is 10.9 Å². The molecule has 0 aliphatic rings. The molecule has 0 aliphatic carbocycles. The molecule has 0 radical (unpaired) electrons. The van der Waals surface area contributed by atoms with E-state index in [2.05, 4.69) is 16.9 Å². The summed E-state index contributed by atoms with van der Waals surface area (Å²) in [5.41, 5.74) is 1.13. The Labute approximate surface area is 176 Å². The Hall–Kier alpha value is -2.90. The fourth-order valence-corrected chi connectivity index (χ4v) is 3.76. The van der Waals surface area contributed by atoms with Crippen molar-refractivity contribution < 1.29 is 9.59 Å². The quantitative estimate of drug-likeness (QED) is 0.265. The van der Waals surface area contributed by atoms with Crippen molar-refractivity contribution in [1.82, 2.24) is 9.55 Å². The van der Waals surface area contributed by atoms with Crippen LogP contribution in [0.2, 0.25) is 5.02 Å². The maximum atomic E-state index is 12.8. The predicted molar refractivity (Wildman–Crippen MR) is 117 cm³/mol. The summed E-state index contributed by atoms with van der Waals surface area (Å²) in [5, 5.41) is 4.04. The lowest BCUT2D eigenvalue weighted by Crippen LogP contribution is -2.24. The van der Waals surface area contributed by atoms with Crippen LogP contribution in [0.3, 0.4) is 0 Å². The van der Waals surface area contributed by atoms with Crippen LogP contribution in [0, 0.1) is 0 Å². The first-order valence-electron chi connectivity index (χ1n) is 8.74. The summed E-state index contributed by atoms with van der Waals surface area (Å²) in [7, 11) is 0. The highest BCUT2D eigenvalue weighted by Crippen LogP contribution is 2.21. The number of nitrogens with zero attached hydrogens (tertiary/aromatic N) is 2. The molecule has 1 amide bonds. The first kappa shape index (κ1) is 20.8. The number of nitrogens with one attached hydrogen (secondary N) is 1. The number of halogens is 1. The molecular weight excluding hydrogens is 410 g/mol. The second-order valence-corrected chi connectivity index (χ2v) is 7.58. The molecule has 0 aliphatic heterocycles. The van der Waals surface area contributed by atoms with Gasteiger partial charge in [0.25, 0.3) is 5.56 Å². The lowest BCUT2D eigenvalue weighted by molar-refractivity contribution is -0.113. The Morgan fingerprint density at radius 3 is 2.76 bits per heavy atom. The molecule has 1 N–H and O–H groups in total. The van der Waals surface area contributed by atoms with Gasteiger partial charge in [0, 0.05) is 17.1 Å². The number of ketones is 1. The Kier molecular flexibility index (Phi) is 6.51. The minimum atomic E-state index is -0.311. The summed E-state index contributed by atoms with van der Waals surface area (Å²) in [5.74, 6) is -0.433. The highest BCUT2D eigenvalue weighted by Gasteiger charge is 2.14. The summed E-state index contributed by atoms with van der Waals surface area (Å²) in [4.78, 5) is 41.4. The number of hydrogen-bond acceptors (Lipinski definition) is 5. The minimum absolute atomic E-state index is 0.0158. The molecule has 0 atom stereocenters. The number of carbonyl (C=O) groups is 2. The van der Waals surface area contributed by atoms with E-state index in [9.17, 15) is 14.4 Å². The van der Waals surface area contributed by atoms with Crippen molar-refractivity contribution in [2.75, 3.05) is 11.1 Å². The van der Waals surface area contributed by atoms with E-state index in [1.807, 2.05) is 0 Å². The van der Waals surface area contributed by atoms with Gasteiger partial charge in [-0.3, -0.25) is 19.0 Å². The van der Waals surface area contributed by atoms with E-state index in [0.29, 0.717) is 32.3 Å². The van der Waals surface area contributed by atoms with Crippen LogP contribution in [0.5, 0.6) is 0 Å². The topological polar surface area (TPSA) is 81.1 Å². The molecule has 0 spiro atoms. The average molecular weight is 428 g/mol. The largest absolute Gasteiger partial charge is 0.325 e. The molecule has 1 heterocycles. The molecule has 0 bridgehead atoms. The van der Waals surface area contributed by atoms with Gasteiger partial charge in [0.05, 0.1) is 22.3 Å². The van der Waals surface area contributed by atoms with Crippen molar-refractivity contribution in [3.05, 3.63) is 76.1 Å². The van der Waals surface area contributed by atoms with Crippen molar-refractivity contribution in [2.24, 2.45) is 0 Å². The van der Waals surface area contributed by atoms with Crippen molar-refractivity contribution in [1.29, 1.82) is 0 Å². The standard InChI is InChI=1S/C21H18ClN3O3S/c1-3-10-25-20(28)16-9-8-14(22)11-18(16)24-21(25)29-12-19(27)23-17-7-5-4-6-15(17)13(2)26/h3-9,11H,1,10,12H2,2H3,(H,23,27). The second-order valence-electron chi connectivity index (χ2n) is 6.20. The number of carbonyl (C=O) groups excluding carboxylic acids is 2. The number of aromatic nitrogens is 2. The molecular formula is C21H18ClN3O3S. The van der Waals surface area contributed by atoms with E-state index in [0.717, 1.165) is 11.8 Å². The number of amides is 1. The zero-order valence-corrected chi connectivity index (χ0v) is 17.2. The number of allylic oxidation sites excluding steroid dienone is 1. The van der Waals surface area contributed by atoms with Crippen LogP contribution >= 0.6 is 23.4 Å². The van der Waals surface area contributed by atoms with Gasteiger partial charge in [-0.25, -0.2) is 4.98 Å². The average Bonchev–Trinajstić information content (AvgIpc) is 2.69. The number of hydrogen-bond donors (Lipinski definition) is 1. The first-order valence-corrected chi connectivity index (χ1v) is 10.1. The molecule has 1 aromatic heterocycles. The smallest absolute Gasteiger partial charge is 0.262 e. The van der Waals surface area contributed by atoms with Crippen LogP contribution in [-0.4, -0.2) is 27.0 Å². The zero-order chi connectivity index (χ0) is 21.0. The molecule has 3 aromatic rings. The van der Waals surface area contributed by atoms with Crippen LogP contribution in [-0.2, 0) is 11.3 Å². The van der Waals surface area contributed by atoms with Crippen LogP contribution in [0.4, 0.5) is 5.69 Å². The molecule has 8 heteroatoms. The third-order valence-electron chi connectivity index (χ3n) is 4.11. The van der Waals surface area contributed by atoms with Gasteiger partial charge in [0.1, 0.15) is 0 Å². The molecule has 0 unspecified atom stereocenters. The van der Waals surface area contributed by atoms with Crippen molar-refractivity contribution in [3.8, 4) is 0 Å². The lowest BCUT2D eigenvalue weighted by atomic mass is 10.1. The number of fused-ring (bicyclic) bond motifs is 1. The minimum Gasteiger partial charge on any atom is -0.325 e. The third kappa shape index (κ3) is 4.75. The van der Waals surface area contributed by atoms with E-state index < -0.39 is 0 Å². The first-order chi connectivity index (χ1) is 13.9. The van der Waals surface area contributed by atoms with Crippen LogP contribution in [0.15, 0.2) is 65.1 Å². The molecule has 3 rings (SSSR count). The molecule has 29 heavy (non-hydrogen) atoms. The van der Waals surface area contributed by atoms with E-state index in [4.69, 9.17) is 11.6 Å². The third-order valence-corrected chi connectivity index (χ3v) is 5.32. The van der Waals surface area contributed by atoms with Gasteiger partial charge < -0.3 is 5.32 Å². The number of Topliss-reactive ketones (excluding diaryl/α,β-unsaturated/α-hetero) is 1. The second kappa shape index (κ2) is 9.07. The fraction of sp³-hybridized carbons (Fsp3) is 0.143. The van der Waals surface area contributed by atoms with Crippen LogP contribution in [0.1, 0.15) is 17.3 Å². The molecule has 148 valence electrons. The van der Waals surface area contributed by atoms with Crippen molar-refractivity contribution in [3.63, 3.8) is 0 Å². The summed E-state index contributed by atoms with van der Waals surface area (Å²) in [6.07, 6.45) is 1.60. The Bertz CT molecular complexity index is 1170. The Morgan fingerprint density at radius 1 is 1.28 bits per heavy atom. The fourth-order valence-electron chi connectivity index (χ4n) is 2.79. The zero-order valence-electron chi connectivity index (χ0n) is 15.6. The molecule has 0 saturated heterocycles. The number of para-hydroxylation sites is 1. The van der Waals surface area contributed by atoms with E-state index >= 15 is 0 Å².